The van der Waals surface area contributed by atoms with Gasteiger partial charge in [-0.3, -0.25) is 19.8 Å². The van der Waals surface area contributed by atoms with Crippen LogP contribution in [0, 0.1) is 5.41 Å². The molecule has 0 aliphatic carbocycles. The van der Waals surface area contributed by atoms with Crippen LogP contribution >= 0.6 is 0 Å². The molecule has 4 unspecified atom stereocenters. The number of carboxylic acid groups (broad SMARTS) is 1. The highest BCUT2D eigenvalue weighted by molar-refractivity contribution is 5.90. The fourth-order valence-corrected chi connectivity index (χ4v) is 3.79. The number of guanidine groups is 1. The SMILES string of the molecule is CC(O)C(N)C(=O)NC(CC1=CCN(C(=N)N)C1)C(=O)NCCCC(=O)NC(C(=O)O)c1cc(O)cc(O)c1. The van der Waals surface area contributed by atoms with E-state index in [1.54, 1.807) is 11.0 Å². The molecule has 0 aromatic heterocycles. The molecule has 1 aliphatic rings. The lowest BCUT2D eigenvalue weighted by Gasteiger charge is -2.23. The van der Waals surface area contributed by atoms with Crippen molar-refractivity contribution in [3.05, 3.63) is 35.4 Å². The van der Waals surface area contributed by atoms with E-state index in [1.165, 1.54) is 6.92 Å². The van der Waals surface area contributed by atoms with E-state index in [0.717, 1.165) is 23.8 Å². The summed E-state index contributed by atoms with van der Waals surface area (Å²) in [5.74, 6) is -4.22. The Hall–Kier alpha value is -4.37. The third-order valence-electron chi connectivity index (χ3n) is 5.95. The Morgan fingerprint density at radius 3 is 2.28 bits per heavy atom. The molecule has 214 valence electrons. The molecule has 0 radical (unpaired) electrons. The Morgan fingerprint density at radius 1 is 1.10 bits per heavy atom. The first-order valence-electron chi connectivity index (χ1n) is 12.1. The van der Waals surface area contributed by atoms with E-state index in [-0.39, 0.29) is 48.8 Å². The lowest BCUT2D eigenvalue weighted by atomic mass is 10.0. The number of phenols is 2. The van der Waals surface area contributed by atoms with Gasteiger partial charge >= 0.3 is 5.97 Å². The number of aliphatic hydroxyl groups is 1. The number of carbonyl (C=O) groups is 4. The summed E-state index contributed by atoms with van der Waals surface area (Å²) in [6, 6.07) is -0.603. The molecule has 0 spiro atoms. The number of nitrogens with zero attached hydrogens (tertiary/aromatic N) is 1. The highest BCUT2D eigenvalue weighted by Gasteiger charge is 2.28. The Morgan fingerprint density at radius 2 is 1.74 bits per heavy atom. The lowest BCUT2D eigenvalue weighted by molar-refractivity contribution is -0.142. The zero-order valence-corrected chi connectivity index (χ0v) is 21.4. The fraction of sp³-hybridized carbons (Fsp3) is 0.458. The number of rotatable bonds is 13. The first kappa shape index (κ1) is 30.9. The van der Waals surface area contributed by atoms with Crippen molar-refractivity contribution >= 4 is 29.7 Å². The molecule has 3 amide bonds. The topological polar surface area (TPSA) is 264 Å². The van der Waals surface area contributed by atoms with E-state index in [4.69, 9.17) is 16.9 Å². The monoisotopic (exact) mass is 549 g/mol. The number of carbonyl (C=O) groups excluding carboxylic acids is 3. The number of nitrogens with one attached hydrogen (secondary N) is 4. The predicted molar refractivity (Wildman–Crippen MR) is 138 cm³/mol. The zero-order valence-electron chi connectivity index (χ0n) is 21.4. The van der Waals surface area contributed by atoms with Crippen LogP contribution in [-0.2, 0) is 19.2 Å². The summed E-state index contributed by atoms with van der Waals surface area (Å²) in [6.07, 6.45) is 0.717. The smallest absolute Gasteiger partial charge is 0.330 e. The van der Waals surface area contributed by atoms with E-state index in [2.05, 4.69) is 16.0 Å². The third kappa shape index (κ3) is 9.46. The van der Waals surface area contributed by atoms with E-state index >= 15 is 0 Å². The van der Waals surface area contributed by atoms with Gasteiger partial charge in [-0.2, -0.15) is 0 Å². The molecule has 1 heterocycles. The highest BCUT2D eigenvalue weighted by Crippen LogP contribution is 2.25. The molecular weight excluding hydrogens is 514 g/mol. The molecule has 0 saturated heterocycles. The minimum atomic E-state index is -1.52. The second-order valence-electron chi connectivity index (χ2n) is 9.18. The number of hydrogen-bond donors (Lipinski definition) is 10. The Balaban J connectivity index is 1.94. The first-order valence-corrected chi connectivity index (χ1v) is 12.1. The van der Waals surface area contributed by atoms with Crippen molar-refractivity contribution in [3.63, 3.8) is 0 Å². The van der Waals surface area contributed by atoms with Crippen LogP contribution < -0.4 is 27.4 Å². The minimum absolute atomic E-state index is 0.0182. The van der Waals surface area contributed by atoms with Gasteiger partial charge in [0.2, 0.25) is 17.7 Å². The largest absolute Gasteiger partial charge is 0.508 e. The van der Waals surface area contributed by atoms with Gasteiger partial charge in [0.05, 0.1) is 6.10 Å². The van der Waals surface area contributed by atoms with Gasteiger partial charge < -0.3 is 52.7 Å². The molecule has 15 nitrogen and oxygen atoms in total. The van der Waals surface area contributed by atoms with Crippen molar-refractivity contribution < 1.29 is 39.6 Å². The summed E-state index contributed by atoms with van der Waals surface area (Å²) >= 11 is 0. The number of nitrogens with two attached hydrogens (primary N) is 2. The summed E-state index contributed by atoms with van der Waals surface area (Å²) in [7, 11) is 0. The van der Waals surface area contributed by atoms with Crippen molar-refractivity contribution in [2.24, 2.45) is 11.5 Å². The normalized spacial score (nSPS) is 15.9. The summed E-state index contributed by atoms with van der Waals surface area (Å²) in [5, 5.41) is 53.2. The quantitative estimate of drug-likeness (QED) is 0.0554. The van der Waals surface area contributed by atoms with E-state index in [9.17, 15) is 39.6 Å². The second kappa shape index (κ2) is 14.0. The molecular formula is C24H35N7O8. The lowest BCUT2D eigenvalue weighted by Crippen LogP contribution is -2.54. The van der Waals surface area contributed by atoms with Gasteiger partial charge in [0.1, 0.15) is 23.6 Å². The molecule has 2 rings (SSSR count). The Labute approximate surface area is 224 Å². The van der Waals surface area contributed by atoms with Crippen LogP contribution in [0.2, 0.25) is 0 Å². The maximum atomic E-state index is 12.9. The van der Waals surface area contributed by atoms with E-state index < -0.39 is 47.9 Å². The van der Waals surface area contributed by atoms with Gasteiger partial charge in [0, 0.05) is 32.1 Å². The molecule has 1 aromatic carbocycles. The molecule has 39 heavy (non-hydrogen) atoms. The van der Waals surface area contributed by atoms with Crippen LogP contribution in [0.5, 0.6) is 11.5 Å². The van der Waals surface area contributed by atoms with Crippen molar-refractivity contribution in [1.82, 2.24) is 20.9 Å². The molecule has 0 bridgehead atoms. The van der Waals surface area contributed by atoms with Crippen molar-refractivity contribution in [1.29, 1.82) is 5.41 Å². The van der Waals surface area contributed by atoms with Gasteiger partial charge in [0.15, 0.2) is 12.0 Å². The van der Waals surface area contributed by atoms with Crippen LogP contribution in [0.15, 0.2) is 29.8 Å². The fourth-order valence-electron chi connectivity index (χ4n) is 3.79. The number of aliphatic carboxylic acids is 1. The van der Waals surface area contributed by atoms with Crippen molar-refractivity contribution in [2.75, 3.05) is 19.6 Å². The summed E-state index contributed by atoms with van der Waals surface area (Å²) in [5.41, 5.74) is 11.9. The van der Waals surface area contributed by atoms with Gasteiger partial charge in [-0.1, -0.05) is 11.6 Å². The van der Waals surface area contributed by atoms with E-state index in [1.807, 2.05) is 0 Å². The van der Waals surface area contributed by atoms with Gasteiger partial charge in [-0.05, 0) is 37.5 Å². The standard InChI is InChI=1S/C24H35N7O8/c1-12(32)19(25)22(37)29-17(7-13-4-6-31(11-13)24(26)27)21(36)28-5-2-3-18(35)30-20(23(38)39)14-8-15(33)10-16(34)9-14/h4,8-10,12,17,19-20,32-34H,2-3,5-7,11,25H2,1H3,(H3,26,27)(H,28,36)(H,29,37)(H,30,35)(H,38,39). The maximum absolute atomic E-state index is 12.9. The minimum Gasteiger partial charge on any atom is -0.508 e. The number of benzene rings is 1. The summed E-state index contributed by atoms with van der Waals surface area (Å²) < 4.78 is 0. The number of amides is 3. The molecule has 1 aromatic rings. The average Bonchev–Trinajstić information content (AvgIpc) is 3.32. The van der Waals surface area contributed by atoms with Gasteiger partial charge in [-0.25, -0.2) is 4.79 Å². The number of aromatic hydroxyl groups is 2. The second-order valence-corrected chi connectivity index (χ2v) is 9.18. The molecule has 4 atom stereocenters. The molecule has 12 N–H and O–H groups in total. The number of aliphatic hydroxyl groups excluding tert-OH is 1. The van der Waals surface area contributed by atoms with Crippen LogP contribution in [0.1, 0.15) is 37.8 Å². The van der Waals surface area contributed by atoms with Crippen LogP contribution in [0.25, 0.3) is 0 Å². The average molecular weight is 550 g/mol. The predicted octanol–water partition coefficient (Wildman–Crippen LogP) is -2.05. The number of carboxylic acids is 1. The zero-order chi connectivity index (χ0) is 29.3. The number of phenolic OH excluding ortho intramolecular Hbond substituents is 2. The Bertz CT molecular complexity index is 1100. The maximum Gasteiger partial charge on any atom is 0.330 e. The van der Waals surface area contributed by atoms with E-state index in [0.29, 0.717) is 13.1 Å². The molecule has 0 saturated carbocycles. The van der Waals surface area contributed by atoms with Crippen LogP contribution in [-0.4, -0.2) is 92.8 Å². The van der Waals surface area contributed by atoms with Crippen molar-refractivity contribution in [3.8, 4) is 11.5 Å². The number of hydrogen-bond acceptors (Lipinski definition) is 9. The van der Waals surface area contributed by atoms with Crippen LogP contribution in [0.3, 0.4) is 0 Å². The molecule has 15 heteroatoms. The van der Waals surface area contributed by atoms with Gasteiger partial charge in [-0.15, -0.1) is 0 Å². The molecule has 0 fully saturated rings. The van der Waals surface area contributed by atoms with Crippen LogP contribution in [0.4, 0.5) is 0 Å². The summed E-state index contributed by atoms with van der Waals surface area (Å²) in [4.78, 5) is 50.8. The highest BCUT2D eigenvalue weighted by atomic mass is 16.4. The Kier molecular flexibility index (Phi) is 11.0. The van der Waals surface area contributed by atoms with Crippen molar-refractivity contribution in [2.45, 2.75) is 50.4 Å². The van der Waals surface area contributed by atoms with Gasteiger partial charge in [0.25, 0.3) is 0 Å². The first-order chi connectivity index (χ1) is 18.3. The third-order valence-corrected chi connectivity index (χ3v) is 5.95. The molecule has 1 aliphatic heterocycles. The summed E-state index contributed by atoms with van der Waals surface area (Å²) in [6.45, 7) is 2.05.